The van der Waals surface area contributed by atoms with Crippen molar-refractivity contribution >= 4 is 38.3 Å². The van der Waals surface area contributed by atoms with E-state index >= 15 is 4.79 Å². The van der Waals surface area contributed by atoms with Crippen molar-refractivity contribution in [3.8, 4) is 0 Å². The lowest BCUT2D eigenvalue weighted by molar-refractivity contribution is -0.146. The summed E-state index contributed by atoms with van der Waals surface area (Å²) in [6.07, 6.45) is 4.15. The Labute approximate surface area is 378 Å². The van der Waals surface area contributed by atoms with E-state index in [0.717, 1.165) is 36.0 Å². The van der Waals surface area contributed by atoms with Crippen LogP contribution in [0.25, 0.3) is 0 Å². The van der Waals surface area contributed by atoms with Gasteiger partial charge in [-0.05, 0) is 53.1 Å². The van der Waals surface area contributed by atoms with Crippen molar-refractivity contribution in [3.05, 3.63) is 204 Å². The Bertz CT molecular complexity index is 2230. The minimum Gasteiger partial charge on any atom is -0.374 e. The number of hydrogen-bond acceptors (Lipinski definition) is 4. The fraction of sp³-hybridized carbons (Fsp3) is 0.321. The quantitative estimate of drug-likeness (QED) is 0.0566. The van der Waals surface area contributed by atoms with E-state index in [1.165, 1.54) is 15.9 Å². The van der Waals surface area contributed by atoms with Crippen molar-refractivity contribution in [1.29, 1.82) is 0 Å². The minimum atomic E-state index is -2.26. The first-order valence-electron chi connectivity index (χ1n) is 22.9. The molecule has 0 radical (unpaired) electrons. The first-order valence-corrected chi connectivity index (χ1v) is 29.1. The van der Waals surface area contributed by atoms with Gasteiger partial charge in [0.15, 0.2) is 0 Å². The summed E-state index contributed by atoms with van der Waals surface area (Å²) >= 11 is 0. The SMILES string of the molecule is C[C@H](C[C@H](CC[C@@H](CC(=O)N1C(=O)CC[C@H]1COC(c1ccccc1)(c1ccccc1)c1ccccc1)[Si](C)(C)c1ccccc1)[Si](C)(C)c1ccccc1)OCc1ccccc1. The van der Waals surface area contributed by atoms with Crippen molar-refractivity contribution < 1.29 is 19.1 Å². The highest BCUT2D eigenvalue weighted by molar-refractivity contribution is 6.91. The van der Waals surface area contributed by atoms with Gasteiger partial charge in [0.2, 0.25) is 11.8 Å². The van der Waals surface area contributed by atoms with Gasteiger partial charge in [0.1, 0.15) is 5.60 Å². The van der Waals surface area contributed by atoms with Crippen molar-refractivity contribution in [1.82, 2.24) is 4.90 Å². The van der Waals surface area contributed by atoms with Gasteiger partial charge in [0.25, 0.3) is 0 Å². The van der Waals surface area contributed by atoms with Gasteiger partial charge in [0.05, 0.1) is 41.5 Å². The normalized spacial score (nSPS) is 16.1. The van der Waals surface area contributed by atoms with Crippen molar-refractivity contribution in [3.63, 3.8) is 0 Å². The third kappa shape index (κ3) is 10.8. The predicted molar refractivity (Wildman–Crippen MR) is 264 cm³/mol. The second kappa shape index (κ2) is 21.0. The molecule has 1 fully saturated rings. The van der Waals surface area contributed by atoms with Crippen LogP contribution in [0.3, 0.4) is 0 Å². The molecule has 6 aromatic carbocycles. The van der Waals surface area contributed by atoms with E-state index in [-0.39, 0.29) is 36.1 Å². The zero-order valence-electron chi connectivity index (χ0n) is 37.9. The molecule has 1 aliphatic heterocycles. The van der Waals surface area contributed by atoms with Crippen LogP contribution in [0.5, 0.6) is 0 Å². The molecule has 0 spiro atoms. The van der Waals surface area contributed by atoms with Gasteiger partial charge in [0, 0.05) is 12.8 Å². The van der Waals surface area contributed by atoms with Crippen LogP contribution in [0.1, 0.15) is 67.7 Å². The lowest BCUT2D eigenvalue weighted by Gasteiger charge is -2.39. The molecule has 1 aliphatic rings. The smallest absolute Gasteiger partial charge is 0.229 e. The molecule has 6 aromatic rings. The lowest BCUT2D eigenvalue weighted by Crippen LogP contribution is -2.50. The van der Waals surface area contributed by atoms with Crippen LogP contribution in [-0.2, 0) is 31.3 Å². The van der Waals surface area contributed by atoms with E-state index < -0.39 is 21.7 Å². The molecule has 4 atom stereocenters. The zero-order chi connectivity index (χ0) is 44.3. The maximum absolute atomic E-state index is 15.0. The van der Waals surface area contributed by atoms with E-state index in [1.807, 2.05) is 60.7 Å². The number of likely N-dealkylation sites (tertiary alicyclic amines) is 1. The van der Waals surface area contributed by atoms with Crippen LogP contribution in [-0.4, -0.2) is 51.6 Å². The highest BCUT2D eigenvalue weighted by Crippen LogP contribution is 2.43. The number of nitrogens with zero attached hydrogens (tertiary/aromatic N) is 1. The number of amides is 2. The summed E-state index contributed by atoms with van der Waals surface area (Å²) in [4.78, 5) is 30.6. The van der Waals surface area contributed by atoms with E-state index in [9.17, 15) is 4.79 Å². The first-order chi connectivity index (χ1) is 30.5. The molecule has 326 valence electrons. The lowest BCUT2D eigenvalue weighted by atomic mass is 9.80. The van der Waals surface area contributed by atoms with Crippen LogP contribution < -0.4 is 10.4 Å². The fourth-order valence-corrected chi connectivity index (χ4v) is 16.4. The maximum atomic E-state index is 15.0. The van der Waals surface area contributed by atoms with Crippen LogP contribution in [0.2, 0.25) is 37.3 Å². The average molecular weight is 872 g/mol. The molecule has 0 aromatic heterocycles. The standard InChI is InChI=1S/C56H65NO4Si2/c1-44(60-42-45-24-12-6-13-25-45)40-52(62(2,3)50-32-20-10-21-33-50)37-38-53(63(4,5)51-34-22-11-23-35-51)41-55(59)57-49(36-39-54(57)58)43-61-56(46-26-14-7-15-27-46,47-28-16-8-17-29-47)48-30-18-9-19-31-48/h6-35,44,49,52-53H,36-43H2,1-5H3/t44-,49+,52+,53+/m1/s1. The molecular formula is C56H65NO4Si2. The van der Waals surface area contributed by atoms with E-state index in [1.54, 1.807) is 4.90 Å². The number of carbonyl (C=O) groups excluding carboxylic acids is 2. The number of benzene rings is 6. The molecule has 7 heteroatoms. The zero-order valence-corrected chi connectivity index (χ0v) is 39.9. The minimum absolute atomic E-state index is 0.0721. The molecule has 2 amide bonds. The number of imide groups is 1. The molecule has 1 heterocycles. The Morgan fingerprint density at radius 1 is 0.619 bits per heavy atom. The summed E-state index contributed by atoms with van der Waals surface area (Å²) in [7, 11) is -4.27. The number of carbonyl (C=O) groups is 2. The predicted octanol–water partition coefficient (Wildman–Crippen LogP) is 11.6. The first kappa shape index (κ1) is 45.8. The fourth-order valence-electron chi connectivity index (χ4n) is 9.92. The van der Waals surface area contributed by atoms with Gasteiger partial charge in [-0.15, -0.1) is 0 Å². The molecular weight excluding hydrogens is 807 g/mol. The second-order valence-corrected chi connectivity index (χ2v) is 28.3. The topological polar surface area (TPSA) is 55.8 Å². The van der Waals surface area contributed by atoms with Crippen LogP contribution >= 0.6 is 0 Å². The summed E-state index contributed by atoms with van der Waals surface area (Å²) in [5.74, 6) is -0.177. The molecule has 0 N–H and O–H groups in total. The Hall–Kier alpha value is -5.19. The monoisotopic (exact) mass is 871 g/mol. The third-order valence-corrected chi connectivity index (χ3v) is 22.7. The van der Waals surface area contributed by atoms with Crippen LogP contribution in [0.15, 0.2) is 182 Å². The summed E-state index contributed by atoms with van der Waals surface area (Å²) < 4.78 is 13.8. The Morgan fingerprint density at radius 2 is 1.03 bits per heavy atom. The van der Waals surface area contributed by atoms with Gasteiger partial charge in [-0.2, -0.15) is 0 Å². The number of rotatable bonds is 20. The summed E-state index contributed by atoms with van der Waals surface area (Å²) in [6, 6.07) is 62.9. The molecule has 1 saturated heterocycles. The maximum Gasteiger partial charge on any atom is 0.229 e. The second-order valence-electron chi connectivity index (χ2n) is 18.6. The van der Waals surface area contributed by atoms with Gasteiger partial charge < -0.3 is 9.47 Å². The average Bonchev–Trinajstić information content (AvgIpc) is 3.70. The highest BCUT2D eigenvalue weighted by atomic mass is 28.3. The molecule has 0 aliphatic carbocycles. The molecule has 5 nitrogen and oxygen atoms in total. The van der Waals surface area contributed by atoms with Crippen molar-refractivity contribution in [2.75, 3.05) is 6.61 Å². The van der Waals surface area contributed by atoms with E-state index in [0.29, 0.717) is 31.4 Å². The molecule has 0 saturated carbocycles. The Morgan fingerprint density at radius 3 is 1.51 bits per heavy atom. The van der Waals surface area contributed by atoms with Crippen molar-refractivity contribution in [2.24, 2.45) is 0 Å². The van der Waals surface area contributed by atoms with Gasteiger partial charge >= 0.3 is 0 Å². The molecule has 7 rings (SSSR count). The van der Waals surface area contributed by atoms with Crippen LogP contribution in [0, 0.1) is 0 Å². The molecule has 0 bridgehead atoms. The Balaban J connectivity index is 1.16. The van der Waals surface area contributed by atoms with Gasteiger partial charge in [-0.3, -0.25) is 14.5 Å². The molecule has 0 unspecified atom stereocenters. The molecule has 63 heavy (non-hydrogen) atoms. The van der Waals surface area contributed by atoms with Crippen molar-refractivity contribution in [2.45, 2.75) is 107 Å². The van der Waals surface area contributed by atoms with Gasteiger partial charge in [-0.1, -0.05) is 231 Å². The third-order valence-electron chi connectivity index (χ3n) is 14.0. The number of hydrogen-bond donors (Lipinski definition) is 0. The number of ether oxygens (including phenoxy) is 2. The summed E-state index contributed by atoms with van der Waals surface area (Å²) in [5.41, 5.74) is 3.76. The summed E-state index contributed by atoms with van der Waals surface area (Å²) in [6.45, 7) is 12.9. The van der Waals surface area contributed by atoms with E-state index in [2.05, 4.69) is 154 Å². The highest BCUT2D eigenvalue weighted by Gasteiger charge is 2.44. The summed E-state index contributed by atoms with van der Waals surface area (Å²) in [5, 5.41) is 2.78. The van der Waals surface area contributed by atoms with Gasteiger partial charge in [-0.25, -0.2) is 0 Å². The van der Waals surface area contributed by atoms with E-state index in [4.69, 9.17) is 9.47 Å². The van der Waals surface area contributed by atoms with Crippen LogP contribution in [0.4, 0.5) is 0 Å². The Kier molecular flexibility index (Phi) is 15.3. The largest absolute Gasteiger partial charge is 0.374 e.